The number of hydrogen-bond donors (Lipinski definition) is 1. The number of thiophene rings is 1. The Morgan fingerprint density at radius 3 is 2.72 bits per heavy atom. The molecule has 4 aromatic heterocycles. The van der Waals surface area contributed by atoms with Crippen LogP contribution in [0, 0.1) is 35.5 Å². The first kappa shape index (κ1) is 29.5. The molecular formula is C34H26ClN7O4S. The number of nitriles is 1. The lowest BCUT2D eigenvalue weighted by Crippen LogP contribution is -2.75. The molecule has 8 rings (SSSR count). The zero-order valence-electron chi connectivity index (χ0n) is 25.2. The molecule has 3 aliphatic rings. The van der Waals surface area contributed by atoms with E-state index in [1.165, 1.54) is 15.9 Å². The van der Waals surface area contributed by atoms with E-state index in [0.29, 0.717) is 44.0 Å². The number of halogens is 1. The van der Waals surface area contributed by atoms with Crippen LogP contribution in [-0.2, 0) is 11.3 Å². The molecule has 1 N–H and O–H groups in total. The Bertz CT molecular complexity index is 2300. The van der Waals surface area contributed by atoms with Gasteiger partial charge in [0.05, 0.1) is 58.7 Å². The maximum atomic E-state index is 13.9. The third-order valence-corrected chi connectivity index (χ3v) is 10.5. The topological polar surface area (TPSA) is 137 Å². The molecule has 234 valence electrons. The summed E-state index contributed by atoms with van der Waals surface area (Å²) in [7, 11) is 0. The van der Waals surface area contributed by atoms with Gasteiger partial charge >= 0.3 is 5.97 Å². The number of pyridine rings is 2. The summed E-state index contributed by atoms with van der Waals surface area (Å²) < 4.78 is 7.52. The number of rotatable bonds is 5. The molecule has 0 unspecified atom stereocenters. The quantitative estimate of drug-likeness (QED) is 0.273. The third-order valence-electron chi connectivity index (χ3n) is 9.27. The van der Waals surface area contributed by atoms with Crippen LogP contribution in [0.15, 0.2) is 46.8 Å². The van der Waals surface area contributed by atoms with Gasteiger partial charge in [0, 0.05) is 64.9 Å². The van der Waals surface area contributed by atoms with Crippen molar-refractivity contribution >= 4 is 55.8 Å². The molecule has 0 amide bonds. The van der Waals surface area contributed by atoms with Crippen molar-refractivity contribution in [2.45, 2.75) is 19.5 Å². The molecule has 47 heavy (non-hydrogen) atoms. The van der Waals surface area contributed by atoms with Gasteiger partial charge in [-0.1, -0.05) is 23.4 Å². The number of anilines is 1. The second-order valence-corrected chi connectivity index (χ2v) is 13.6. The van der Waals surface area contributed by atoms with Crippen LogP contribution in [0.5, 0.6) is 0 Å². The normalized spacial score (nSPS) is 17.1. The fraction of sp³-hybridized carbons (Fsp3) is 0.294. The zero-order valence-corrected chi connectivity index (χ0v) is 26.7. The summed E-state index contributed by atoms with van der Waals surface area (Å²) in [4.78, 5) is 43.7. The van der Waals surface area contributed by atoms with E-state index in [9.17, 15) is 20.0 Å². The number of fused-ring (bicyclic) bond motifs is 2. The van der Waals surface area contributed by atoms with Gasteiger partial charge < -0.3 is 14.7 Å². The summed E-state index contributed by atoms with van der Waals surface area (Å²) >= 11 is 7.68. The Balaban J connectivity index is 1.10. The second-order valence-electron chi connectivity index (χ2n) is 12.3. The molecule has 0 saturated carbocycles. The first-order valence-electron chi connectivity index (χ1n) is 15.0. The monoisotopic (exact) mass is 663 g/mol. The van der Waals surface area contributed by atoms with Gasteiger partial charge in [-0.2, -0.15) is 5.26 Å². The zero-order chi connectivity index (χ0) is 32.4. The number of hydrogen-bond acceptors (Lipinski definition) is 10. The van der Waals surface area contributed by atoms with Crippen LogP contribution in [0.4, 0.5) is 5.82 Å². The lowest BCUT2D eigenvalue weighted by molar-refractivity contribution is -0.137. The van der Waals surface area contributed by atoms with Crippen molar-refractivity contribution in [1.29, 1.82) is 5.26 Å². The smallest absolute Gasteiger partial charge is 0.338 e. The molecule has 0 atom stereocenters. The number of carboxylic acid groups (broad SMARTS) is 1. The lowest BCUT2D eigenvalue weighted by Gasteiger charge is -2.63. The molecule has 7 heterocycles. The Morgan fingerprint density at radius 1 is 1.19 bits per heavy atom. The molecule has 0 bridgehead atoms. The lowest BCUT2D eigenvalue weighted by atomic mass is 9.72. The summed E-state index contributed by atoms with van der Waals surface area (Å²) in [6.45, 7) is 6.98. The number of aromatic carboxylic acids is 1. The van der Waals surface area contributed by atoms with Gasteiger partial charge in [0.15, 0.2) is 0 Å². The maximum Gasteiger partial charge on any atom is 0.338 e. The average molecular weight is 664 g/mol. The fourth-order valence-electron chi connectivity index (χ4n) is 6.82. The van der Waals surface area contributed by atoms with E-state index in [-0.39, 0.29) is 34.0 Å². The van der Waals surface area contributed by atoms with E-state index in [2.05, 4.69) is 42.7 Å². The Hall–Kier alpha value is -4.85. The van der Waals surface area contributed by atoms with Crippen LogP contribution in [0.25, 0.3) is 32.2 Å². The van der Waals surface area contributed by atoms with Gasteiger partial charge in [0.2, 0.25) is 0 Å². The van der Waals surface area contributed by atoms with Crippen LogP contribution in [-0.4, -0.2) is 80.9 Å². The van der Waals surface area contributed by atoms with Crippen molar-refractivity contribution in [2.24, 2.45) is 5.41 Å². The number of carbonyl (C=O) groups is 1. The number of nitrogens with zero attached hydrogens (tertiary/aromatic N) is 7. The minimum absolute atomic E-state index is 0.0413. The Labute approximate surface area is 277 Å². The molecule has 13 heteroatoms. The van der Waals surface area contributed by atoms with Gasteiger partial charge in [-0.15, -0.1) is 11.3 Å². The van der Waals surface area contributed by atoms with E-state index in [1.54, 1.807) is 42.9 Å². The number of aryl methyl sites for hydroxylation is 1. The number of carboxylic acids is 1. The summed E-state index contributed by atoms with van der Waals surface area (Å²) in [5.74, 6) is 6.22. The number of benzene rings is 1. The SMILES string of the molecule is Cc1nc2cnc(N3CC4(C3)CN(C3COC3)C4)c(C#N)c2c(=O)n1CC#Cc1ccc(Cl)cc1-c1ccnc2c(C(=O)O)csc12. The van der Waals surface area contributed by atoms with Gasteiger partial charge in [0.25, 0.3) is 5.56 Å². The van der Waals surface area contributed by atoms with Crippen LogP contribution in [0.3, 0.4) is 0 Å². The van der Waals surface area contributed by atoms with Crippen molar-refractivity contribution in [3.05, 3.63) is 79.9 Å². The van der Waals surface area contributed by atoms with Gasteiger partial charge in [0.1, 0.15) is 23.3 Å². The van der Waals surface area contributed by atoms with Gasteiger partial charge in [-0.05, 0) is 31.2 Å². The van der Waals surface area contributed by atoms with E-state index < -0.39 is 5.97 Å². The van der Waals surface area contributed by atoms with Gasteiger partial charge in [-0.25, -0.2) is 14.8 Å². The van der Waals surface area contributed by atoms with Crippen LogP contribution in [0.1, 0.15) is 27.3 Å². The molecule has 5 aromatic rings. The fourth-order valence-corrected chi connectivity index (χ4v) is 8.02. The molecule has 1 spiro atoms. The molecule has 3 fully saturated rings. The van der Waals surface area contributed by atoms with Crippen LogP contribution < -0.4 is 10.5 Å². The highest BCUT2D eigenvalue weighted by Gasteiger charge is 2.54. The summed E-state index contributed by atoms with van der Waals surface area (Å²) in [6, 6.07) is 9.88. The van der Waals surface area contributed by atoms with E-state index in [0.717, 1.165) is 50.5 Å². The second kappa shape index (κ2) is 11.1. The summed E-state index contributed by atoms with van der Waals surface area (Å²) in [5, 5.41) is 22.1. The van der Waals surface area contributed by atoms with Crippen molar-refractivity contribution in [3.63, 3.8) is 0 Å². The Kier molecular flexibility index (Phi) is 7.01. The number of likely N-dealkylation sites (tertiary alicyclic amines) is 1. The molecule has 3 aliphatic heterocycles. The van der Waals surface area contributed by atoms with E-state index in [4.69, 9.17) is 16.3 Å². The maximum absolute atomic E-state index is 13.9. The minimum Gasteiger partial charge on any atom is -0.478 e. The molecule has 0 aliphatic carbocycles. The Morgan fingerprint density at radius 2 is 2.00 bits per heavy atom. The predicted octanol–water partition coefficient (Wildman–Crippen LogP) is 4.17. The highest BCUT2D eigenvalue weighted by molar-refractivity contribution is 7.18. The highest BCUT2D eigenvalue weighted by atomic mass is 35.5. The van der Waals surface area contributed by atoms with Crippen molar-refractivity contribution in [1.82, 2.24) is 24.4 Å². The van der Waals surface area contributed by atoms with E-state index >= 15 is 0 Å². The minimum atomic E-state index is -1.04. The van der Waals surface area contributed by atoms with Gasteiger partial charge in [-0.3, -0.25) is 19.2 Å². The van der Waals surface area contributed by atoms with E-state index in [1.807, 2.05) is 6.07 Å². The largest absolute Gasteiger partial charge is 0.478 e. The molecule has 1 aromatic carbocycles. The predicted molar refractivity (Wildman–Crippen MR) is 178 cm³/mol. The summed E-state index contributed by atoms with van der Waals surface area (Å²) in [5.41, 5.74) is 3.15. The number of ether oxygens (including phenoxy) is 1. The van der Waals surface area contributed by atoms with Crippen LogP contribution in [0.2, 0.25) is 5.02 Å². The third kappa shape index (κ3) is 4.84. The first-order chi connectivity index (χ1) is 22.7. The van der Waals surface area contributed by atoms with Crippen molar-refractivity contribution in [3.8, 4) is 29.0 Å². The molecule has 0 radical (unpaired) electrons. The molecule has 3 saturated heterocycles. The number of aromatic nitrogens is 4. The molecule has 11 nitrogen and oxygen atoms in total. The van der Waals surface area contributed by atoms with Crippen LogP contribution >= 0.6 is 22.9 Å². The van der Waals surface area contributed by atoms with Crippen molar-refractivity contribution < 1.29 is 14.6 Å². The average Bonchev–Trinajstić information content (AvgIpc) is 3.43. The first-order valence-corrected chi connectivity index (χ1v) is 16.3. The van der Waals surface area contributed by atoms with Crippen molar-refractivity contribution in [2.75, 3.05) is 44.3 Å². The standard InChI is InChI=1S/C34H26ClN7O4S/c1-19-39-27-11-38-31(41-17-34(18-41)15-40(16-34)22-12-46-13-22)25(10-36)28(27)32(43)42(19)8-2-3-20-4-5-21(35)9-24(20)23-6-7-37-29-26(33(44)45)14-47-30(23)29/h4-7,9,11,14,22H,8,12-13,15-18H2,1H3,(H,44,45). The summed E-state index contributed by atoms with van der Waals surface area (Å²) in [6.07, 6.45) is 3.15. The molecular weight excluding hydrogens is 638 g/mol. The highest BCUT2D eigenvalue weighted by Crippen LogP contribution is 2.44.